The van der Waals surface area contributed by atoms with Crippen LogP contribution in [0.15, 0.2) is 12.2 Å². The van der Waals surface area contributed by atoms with Gasteiger partial charge in [-0.3, -0.25) is 57.5 Å². The number of hydrogen-bond donors (Lipinski definition) is 3. The smallest absolute Gasteiger partial charge is 0.381 e. The molecular weight excluding hydrogens is 1460 g/mol. The number of hydrogen-bond acceptors (Lipinski definition) is 15. The van der Waals surface area contributed by atoms with Gasteiger partial charge in [0, 0.05) is 95.7 Å². The Kier molecular flexibility index (Phi) is 33.4. The molecule has 4 saturated carbocycles. The lowest BCUT2D eigenvalue weighted by molar-refractivity contribution is -0.215. The summed E-state index contributed by atoms with van der Waals surface area (Å²) in [5.41, 5.74) is -1.64. The first-order valence-electron chi connectivity index (χ1n) is 40.2. The summed E-state index contributed by atoms with van der Waals surface area (Å²) >= 11 is 0. The van der Waals surface area contributed by atoms with Gasteiger partial charge in [0.15, 0.2) is 0 Å². The monoisotopic (exact) mass is 1580 g/mol. The van der Waals surface area contributed by atoms with E-state index in [0.29, 0.717) is 51.4 Å². The van der Waals surface area contributed by atoms with Crippen LogP contribution in [0.5, 0.6) is 0 Å². The molecule has 7 aliphatic rings. The van der Waals surface area contributed by atoms with E-state index in [1.54, 1.807) is 32.9 Å². The fourth-order valence-electron chi connectivity index (χ4n) is 17.4. The summed E-state index contributed by atoms with van der Waals surface area (Å²) in [7, 11) is 10.9. The predicted molar refractivity (Wildman–Crippen MR) is 398 cm³/mol. The maximum absolute atomic E-state index is 15.7. The number of alkyl halides is 6. The van der Waals surface area contributed by atoms with Gasteiger partial charge in [-0.25, -0.2) is 0 Å². The van der Waals surface area contributed by atoms with Crippen molar-refractivity contribution >= 4 is 70.9 Å². The average molecular weight is 1580 g/mol. The Morgan fingerprint density at radius 2 is 1.32 bits per heavy atom. The minimum absolute atomic E-state index is 0.0305. The quantitative estimate of drug-likeness (QED) is 0.0777. The van der Waals surface area contributed by atoms with Gasteiger partial charge in [-0.05, 0) is 153 Å². The SMILES string of the molecule is CCCOC[C@H]1C(=O)N[C@@H]([C@@H](C)CC)C(=O)N(C)CC(=O)N(C)[C@H]2C/C=C\CCN(C2=O)[C@@H](CC2CCC(C(F)(F)F)CC2)C(=O)N(C)CC(=O)N[C@@H](CCC2CCC(C(F)(F)F)C(OC)C2)C(=O)N2C[C@H](OCC)C[C@H]2C(=O)NC2(CCC2)C(=O)N(C)[C@@H](C2CCCC2)C(=O)N(C)[C@H](C(=O)N(C)CCC)CC(=O)N1C. The molecule has 3 N–H and O–H groups in total. The van der Waals surface area contributed by atoms with Crippen LogP contribution in [0.2, 0.25) is 0 Å². The maximum atomic E-state index is 15.7. The number of amides is 12. The zero-order valence-electron chi connectivity index (χ0n) is 67.4. The number of methoxy groups -OCH3 is 1. The molecular formula is C78H124F6N12O15. The second-order valence-electron chi connectivity index (χ2n) is 32.3. The molecule has 3 unspecified atom stereocenters. The van der Waals surface area contributed by atoms with Crippen LogP contribution in [0.25, 0.3) is 0 Å². The lowest BCUT2D eigenvalue weighted by Gasteiger charge is -2.46. The summed E-state index contributed by atoms with van der Waals surface area (Å²) in [6.45, 7) is 7.28. The van der Waals surface area contributed by atoms with E-state index in [0.717, 1.165) is 19.6 Å². The van der Waals surface area contributed by atoms with Crippen LogP contribution in [0.3, 0.4) is 0 Å². The van der Waals surface area contributed by atoms with Gasteiger partial charge < -0.3 is 74.3 Å². The molecule has 628 valence electrons. The van der Waals surface area contributed by atoms with Crippen LogP contribution < -0.4 is 16.0 Å². The number of rotatable bonds is 18. The Morgan fingerprint density at radius 1 is 0.658 bits per heavy atom. The number of likely N-dealkylation sites (N-methyl/N-ethyl adjacent to an activating group) is 7. The van der Waals surface area contributed by atoms with Crippen molar-refractivity contribution in [3.63, 3.8) is 0 Å². The molecule has 7 rings (SSSR count). The second-order valence-corrected chi connectivity index (χ2v) is 32.3. The standard InChI is InChI=1S/C78H124F6N12O15/c1-14-37-88(6)70(103)58-43-63(98)92(10)60(47-110-39-15-2)67(100)86-65(48(5)16-3)73(106)90(8)46-64(99)91(9)56-26-19-18-22-38-95(72(56)105)59(40-49-27-31-52(32-28-49)77(79,80)81)71(104)89(7)45-62(97)85-55(34-30-50-29-33-54(78(82,83)84)61(41-50)109-13)69(102)96-44-53(111-17-4)42-57(96)68(101)87-76(35-23-36-76)75(108)94(12)66(74(107)93(58)11)51-24-20-21-25-51/h18-19,48-61,65-66H,14-17,20-47H2,1-13H3,(H,85,97)(H,86,100)(H,87,101)/b19-18-/t48-,49?,50?,52?,53+,54?,55-,56-,57-,58-,59-,60-,61?,65-,66-/m0/s1. The second kappa shape index (κ2) is 40.7. The van der Waals surface area contributed by atoms with E-state index >= 15 is 33.6 Å². The average Bonchev–Trinajstić information content (AvgIpc) is 1.70. The molecule has 2 bridgehead atoms. The van der Waals surface area contributed by atoms with E-state index in [4.69, 9.17) is 14.2 Å². The fourth-order valence-corrected chi connectivity index (χ4v) is 17.4. The van der Waals surface area contributed by atoms with E-state index in [9.17, 15) is 50.3 Å². The van der Waals surface area contributed by atoms with Gasteiger partial charge >= 0.3 is 12.4 Å². The van der Waals surface area contributed by atoms with Crippen molar-refractivity contribution in [3.05, 3.63) is 12.2 Å². The van der Waals surface area contributed by atoms with E-state index in [1.165, 1.54) is 80.9 Å². The van der Waals surface area contributed by atoms with Crippen LogP contribution in [0, 0.1) is 35.5 Å². The van der Waals surface area contributed by atoms with Crippen molar-refractivity contribution in [3.8, 4) is 0 Å². The van der Waals surface area contributed by atoms with Crippen molar-refractivity contribution in [2.24, 2.45) is 35.5 Å². The van der Waals surface area contributed by atoms with Crippen molar-refractivity contribution in [1.82, 2.24) is 60.0 Å². The number of carbonyl (C=O) groups is 12. The first kappa shape index (κ1) is 91.0. The van der Waals surface area contributed by atoms with Crippen molar-refractivity contribution < 1.29 is 98.1 Å². The number of carbonyl (C=O) groups excluding carboxylic acids is 12. The first-order valence-corrected chi connectivity index (χ1v) is 40.2. The molecule has 6 fully saturated rings. The first-order chi connectivity index (χ1) is 52.4. The molecule has 13 atom stereocenters. The molecule has 2 saturated heterocycles. The van der Waals surface area contributed by atoms with Gasteiger partial charge in [-0.1, -0.05) is 59.1 Å². The highest BCUT2D eigenvalue weighted by atomic mass is 19.4. The molecule has 3 aliphatic heterocycles. The Balaban J connectivity index is 1.33. The van der Waals surface area contributed by atoms with Crippen LogP contribution in [-0.2, 0) is 71.7 Å². The van der Waals surface area contributed by atoms with Crippen molar-refractivity contribution in [1.29, 1.82) is 0 Å². The normalized spacial score (nSPS) is 30.7. The van der Waals surface area contributed by atoms with Crippen molar-refractivity contribution in [2.75, 3.05) is 109 Å². The summed E-state index contributed by atoms with van der Waals surface area (Å²) in [4.78, 5) is 193. The lowest BCUT2D eigenvalue weighted by Crippen LogP contribution is -2.68. The highest BCUT2D eigenvalue weighted by molar-refractivity contribution is 6.01. The number of nitrogens with one attached hydrogen (secondary N) is 3. The Labute approximate surface area is 650 Å². The summed E-state index contributed by atoms with van der Waals surface area (Å²) < 4.78 is 103. The predicted octanol–water partition coefficient (Wildman–Crippen LogP) is 6.24. The van der Waals surface area contributed by atoms with Crippen LogP contribution >= 0.6 is 0 Å². The number of halogens is 6. The molecule has 0 aromatic carbocycles. The minimum Gasteiger partial charge on any atom is -0.381 e. The van der Waals surface area contributed by atoms with Gasteiger partial charge in [-0.2, -0.15) is 26.3 Å². The molecule has 33 heteroatoms. The molecule has 27 nitrogen and oxygen atoms in total. The molecule has 111 heavy (non-hydrogen) atoms. The Bertz CT molecular complexity index is 3260. The summed E-state index contributed by atoms with van der Waals surface area (Å²) in [6, 6.07) is -11.2. The van der Waals surface area contributed by atoms with Crippen molar-refractivity contribution in [2.45, 2.75) is 267 Å². The summed E-state index contributed by atoms with van der Waals surface area (Å²) in [6.07, 6.45) is -4.84. The highest BCUT2D eigenvalue weighted by Crippen LogP contribution is 2.45. The third kappa shape index (κ3) is 22.9. The fraction of sp³-hybridized carbons (Fsp3) is 0.821. The largest absolute Gasteiger partial charge is 0.394 e. The highest BCUT2D eigenvalue weighted by Gasteiger charge is 2.55. The molecule has 3 heterocycles. The number of nitrogens with zero attached hydrogens (tertiary/aromatic N) is 9. The summed E-state index contributed by atoms with van der Waals surface area (Å²) in [5.74, 6) is -14.4. The number of ether oxygens (including phenoxy) is 3. The maximum Gasteiger partial charge on any atom is 0.394 e. The van der Waals surface area contributed by atoms with Gasteiger partial charge in [0.2, 0.25) is 70.9 Å². The molecule has 0 aromatic heterocycles. The lowest BCUT2D eigenvalue weighted by atomic mass is 9.74. The minimum atomic E-state index is -4.57. The number of fused-ring (bicyclic) bond motifs is 3. The molecule has 0 radical (unpaired) electrons. The van der Waals surface area contributed by atoms with Gasteiger partial charge in [-0.15, -0.1) is 0 Å². The van der Waals surface area contributed by atoms with Gasteiger partial charge in [0.25, 0.3) is 0 Å². The third-order valence-electron chi connectivity index (χ3n) is 24.7. The molecule has 12 amide bonds. The van der Waals surface area contributed by atoms with E-state index in [1.807, 2.05) is 13.8 Å². The summed E-state index contributed by atoms with van der Waals surface area (Å²) in [5, 5.41) is 8.62. The molecule has 1 spiro atoms. The molecule has 4 aliphatic carbocycles. The zero-order chi connectivity index (χ0) is 82.1. The van der Waals surface area contributed by atoms with Crippen LogP contribution in [0.4, 0.5) is 26.3 Å². The van der Waals surface area contributed by atoms with E-state index < -0.39 is 204 Å². The Hall–Kier alpha value is -7.16. The van der Waals surface area contributed by atoms with Gasteiger partial charge in [0.1, 0.15) is 53.9 Å². The Morgan fingerprint density at radius 3 is 1.91 bits per heavy atom. The van der Waals surface area contributed by atoms with E-state index in [2.05, 4.69) is 16.0 Å². The van der Waals surface area contributed by atoms with Gasteiger partial charge in [0.05, 0.1) is 50.2 Å². The molecule has 0 aromatic rings. The van der Waals surface area contributed by atoms with Crippen LogP contribution in [-0.4, -0.2) is 302 Å². The van der Waals surface area contributed by atoms with E-state index in [-0.39, 0.29) is 136 Å². The topological polar surface area (TPSA) is 298 Å². The third-order valence-corrected chi connectivity index (χ3v) is 24.7. The van der Waals surface area contributed by atoms with Crippen LogP contribution in [0.1, 0.15) is 189 Å². The zero-order valence-corrected chi connectivity index (χ0v) is 67.4.